The van der Waals surface area contributed by atoms with Gasteiger partial charge in [-0.15, -0.1) is 0 Å². The summed E-state index contributed by atoms with van der Waals surface area (Å²) in [4.78, 5) is 6.87. The summed E-state index contributed by atoms with van der Waals surface area (Å²) in [6.07, 6.45) is 3.46. The van der Waals surface area contributed by atoms with Crippen molar-refractivity contribution in [2.75, 3.05) is 30.3 Å². The number of rotatable bonds is 5. The van der Waals surface area contributed by atoms with E-state index in [0.717, 1.165) is 31.2 Å². The van der Waals surface area contributed by atoms with E-state index in [0.29, 0.717) is 18.2 Å². The van der Waals surface area contributed by atoms with E-state index in [1.807, 2.05) is 12.1 Å². The van der Waals surface area contributed by atoms with E-state index < -0.39 is 0 Å². The third kappa shape index (κ3) is 2.86. The highest BCUT2D eigenvalue weighted by molar-refractivity contribution is 5.54. The molecule has 1 unspecified atom stereocenters. The first-order chi connectivity index (χ1) is 8.74. The molecule has 1 aromatic heterocycles. The SMILES string of the molecule is CCCOc1nc(N2CCC(CC)C2)ccc1N. The molecule has 1 saturated heterocycles. The lowest BCUT2D eigenvalue weighted by molar-refractivity contribution is 0.307. The number of hydrogen-bond acceptors (Lipinski definition) is 4. The summed E-state index contributed by atoms with van der Waals surface area (Å²) in [6, 6.07) is 3.89. The molecule has 2 heterocycles. The monoisotopic (exact) mass is 249 g/mol. The average molecular weight is 249 g/mol. The largest absolute Gasteiger partial charge is 0.476 e. The van der Waals surface area contributed by atoms with Crippen LogP contribution >= 0.6 is 0 Å². The van der Waals surface area contributed by atoms with Crippen LogP contribution in [0.25, 0.3) is 0 Å². The first-order valence-electron chi connectivity index (χ1n) is 6.88. The fourth-order valence-corrected chi connectivity index (χ4v) is 2.31. The standard InChI is InChI=1S/C14H23N3O/c1-3-9-18-14-12(15)5-6-13(16-14)17-8-7-11(4-2)10-17/h5-6,11H,3-4,7-10,15H2,1-2H3. The molecule has 2 N–H and O–H groups in total. The van der Waals surface area contributed by atoms with Gasteiger partial charge in [-0.1, -0.05) is 20.3 Å². The smallest absolute Gasteiger partial charge is 0.239 e. The van der Waals surface area contributed by atoms with Gasteiger partial charge in [-0.2, -0.15) is 4.98 Å². The van der Waals surface area contributed by atoms with Crippen LogP contribution in [0.2, 0.25) is 0 Å². The molecular formula is C14H23N3O. The second kappa shape index (κ2) is 5.94. The van der Waals surface area contributed by atoms with Crippen molar-refractivity contribution in [2.24, 2.45) is 5.92 Å². The Hall–Kier alpha value is -1.45. The highest BCUT2D eigenvalue weighted by Crippen LogP contribution is 2.28. The van der Waals surface area contributed by atoms with Gasteiger partial charge in [0.1, 0.15) is 5.82 Å². The van der Waals surface area contributed by atoms with Crippen LogP contribution < -0.4 is 15.4 Å². The van der Waals surface area contributed by atoms with Gasteiger partial charge in [-0.25, -0.2) is 0 Å². The third-order valence-electron chi connectivity index (χ3n) is 3.51. The molecule has 0 bridgehead atoms. The Morgan fingerprint density at radius 1 is 1.44 bits per heavy atom. The predicted molar refractivity (Wildman–Crippen MR) is 75.0 cm³/mol. The molecule has 1 aliphatic heterocycles. The normalized spacial score (nSPS) is 19.2. The fraction of sp³-hybridized carbons (Fsp3) is 0.643. The zero-order valence-corrected chi connectivity index (χ0v) is 11.4. The average Bonchev–Trinajstić information content (AvgIpc) is 2.86. The van der Waals surface area contributed by atoms with E-state index in [1.54, 1.807) is 0 Å². The van der Waals surface area contributed by atoms with E-state index in [2.05, 4.69) is 23.7 Å². The number of nitrogen functional groups attached to an aromatic ring is 1. The number of ether oxygens (including phenoxy) is 1. The van der Waals surface area contributed by atoms with Crippen molar-refractivity contribution < 1.29 is 4.74 Å². The molecule has 4 heteroatoms. The molecule has 1 atom stereocenters. The van der Waals surface area contributed by atoms with E-state index in [9.17, 15) is 0 Å². The quantitative estimate of drug-likeness (QED) is 0.871. The van der Waals surface area contributed by atoms with Crippen molar-refractivity contribution in [3.05, 3.63) is 12.1 Å². The van der Waals surface area contributed by atoms with Gasteiger partial charge in [-0.05, 0) is 30.9 Å². The fourth-order valence-electron chi connectivity index (χ4n) is 2.31. The highest BCUT2D eigenvalue weighted by atomic mass is 16.5. The topological polar surface area (TPSA) is 51.4 Å². The van der Waals surface area contributed by atoms with Crippen LogP contribution in [0, 0.1) is 5.92 Å². The molecule has 1 fully saturated rings. The lowest BCUT2D eigenvalue weighted by Gasteiger charge is -2.18. The molecule has 1 aliphatic rings. The summed E-state index contributed by atoms with van der Waals surface area (Å²) in [6.45, 7) is 7.17. The second-order valence-electron chi connectivity index (χ2n) is 4.92. The van der Waals surface area contributed by atoms with Crippen LogP contribution in [-0.2, 0) is 0 Å². The van der Waals surface area contributed by atoms with Gasteiger partial charge >= 0.3 is 0 Å². The number of hydrogen-bond donors (Lipinski definition) is 1. The minimum absolute atomic E-state index is 0.578. The van der Waals surface area contributed by atoms with Gasteiger partial charge in [0.05, 0.1) is 12.3 Å². The zero-order chi connectivity index (χ0) is 13.0. The van der Waals surface area contributed by atoms with Crippen LogP contribution in [0.1, 0.15) is 33.1 Å². The highest BCUT2D eigenvalue weighted by Gasteiger charge is 2.22. The number of anilines is 2. The molecule has 0 aliphatic carbocycles. The summed E-state index contributed by atoms with van der Waals surface area (Å²) in [5.41, 5.74) is 6.50. The van der Waals surface area contributed by atoms with Crippen molar-refractivity contribution in [2.45, 2.75) is 33.1 Å². The minimum atomic E-state index is 0.578. The molecule has 18 heavy (non-hydrogen) atoms. The number of aromatic nitrogens is 1. The van der Waals surface area contributed by atoms with Crippen molar-refractivity contribution in [3.8, 4) is 5.88 Å². The molecule has 100 valence electrons. The van der Waals surface area contributed by atoms with Crippen LogP contribution in [0.4, 0.5) is 11.5 Å². The molecule has 2 rings (SSSR count). The van der Waals surface area contributed by atoms with E-state index in [-0.39, 0.29) is 0 Å². The van der Waals surface area contributed by atoms with Crippen LogP contribution in [-0.4, -0.2) is 24.7 Å². The van der Waals surface area contributed by atoms with Crippen molar-refractivity contribution in [3.63, 3.8) is 0 Å². The molecule has 0 spiro atoms. The lowest BCUT2D eigenvalue weighted by atomic mass is 10.1. The predicted octanol–water partition coefficient (Wildman–Crippen LogP) is 2.69. The summed E-state index contributed by atoms with van der Waals surface area (Å²) in [5, 5.41) is 0. The Kier molecular flexibility index (Phi) is 4.28. The Bertz CT molecular complexity index is 395. The zero-order valence-electron chi connectivity index (χ0n) is 11.4. The van der Waals surface area contributed by atoms with Crippen molar-refractivity contribution in [1.82, 2.24) is 4.98 Å². The second-order valence-corrected chi connectivity index (χ2v) is 4.92. The Labute approximate surface area is 109 Å². The molecule has 1 aromatic rings. The summed E-state index contributed by atoms with van der Waals surface area (Å²) in [7, 11) is 0. The molecule has 4 nitrogen and oxygen atoms in total. The van der Waals surface area contributed by atoms with Gasteiger partial charge in [0, 0.05) is 13.1 Å². The maximum absolute atomic E-state index is 5.88. The summed E-state index contributed by atoms with van der Waals surface area (Å²) >= 11 is 0. The van der Waals surface area contributed by atoms with Gasteiger partial charge in [0.25, 0.3) is 0 Å². The summed E-state index contributed by atoms with van der Waals surface area (Å²) < 4.78 is 5.58. The van der Waals surface area contributed by atoms with Crippen molar-refractivity contribution >= 4 is 11.5 Å². The number of pyridine rings is 1. The molecule has 0 saturated carbocycles. The molecule has 0 aromatic carbocycles. The maximum Gasteiger partial charge on any atom is 0.239 e. The lowest BCUT2D eigenvalue weighted by Crippen LogP contribution is -2.21. The van der Waals surface area contributed by atoms with Crippen molar-refractivity contribution in [1.29, 1.82) is 0 Å². The third-order valence-corrected chi connectivity index (χ3v) is 3.51. The molecule has 0 radical (unpaired) electrons. The van der Waals surface area contributed by atoms with Gasteiger partial charge in [0.2, 0.25) is 5.88 Å². The molecule has 0 amide bonds. The molecular weight excluding hydrogens is 226 g/mol. The number of nitrogens with two attached hydrogens (primary N) is 1. The van der Waals surface area contributed by atoms with E-state index in [1.165, 1.54) is 12.8 Å². The Morgan fingerprint density at radius 3 is 2.94 bits per heavy atom. The van der Waals surface area contributed by atoms with Crippen LogP contribution in [0.15, 0.2) is 12.1 Å². The van der Waals surface area contributed by atoms with Gasteiger partial charge in [0.15, 0.2) is 0 Å². The Morgan fingerprint density at radius 2 is 2.28 bits per heavy atom. The van der Waals surface area contributed by atoms with Crippen LogP contribution in [0.3, 0.4) is 0 Å². The summed E-state index contributed by atoms with van der Waals surface area (Å²) in [5.74, 6) is 2.37. The van der Waals surface area contributed by atoms with E-state index >= 15 is 0 Å². The number of nitrogens with zero attached hydrogens (tertiary/aromatic N) is 2. The first-order valence-corrected chi connectivity index (χ1v) is 6.88. The van der Waals surface area contributed by atoms with E-state index in [4.69, 9.17) is 10.5 Å². The Balaban J connectivity index is 2.09. The minimum Gasteiger partial charge on any atom is -0.476 e. The first kappa shape index (κ1) is 13.0. The van der Waals surface area contributed by atoms with Gasteiger partial charge in [-0.3, -0.25) is 0 Å². The van der Waals surface area contributed by atoms with Gasteiger partial charge < -0.3 is 15.4 Å². The maximum atomic E-state index is 5.88. The van der Waals surface area contributed by atoms with Crippen LogP contribution in [0.5, 0.6) is 5.88 Å².